The number of benzene rings is 2. The summed E-state index contributed by atoms with van der Waals surface area (Å²) in [6.07, 6.45) is 0. The summed E-state index contributed by atoms with van der Waals surface area (Å²) in [7, 11) is 0. The number of pyridine rings is 1. The van der Waals surface area contributed by atoms with Gasteiger partial charge in [0.15, 0.2) is 0 Å². The Bertz CT molecular complexity index is 1040. The Hall–Kier alpha value is -2.84. The van der Waals surface area contributed by atoms with E-state index < -0.39 is 0 Å². The standard InChI is InChI=1S/C21H19N3OS/c1-13-14(2)19(11-22)21(23-15(13)3)26-12-20(25)24-18-9-8-16-6-4-5-7-17(16)10-18/h4-10H,12H2,1-3H3,(H,24,25). The first-order valence-electron chi connectivity index (χ1n) is 8.29. The molecule has 0 bridgehead atoms. The van der Waals surface area contributed by atoms with E-state index in [1.165, 1.54) is 11.8 Å². The maximum atomic E-state index is 12.3. The summed E-state index contributed by atoms with van der Waals surface area (Å²) in [6.45, 7) is 5.80. The van der Waals surface area contributed by atoms with Gasteiger partial charge in [0.25, 0.3) is 0 Å². The Morgan fingerprint density at radius 1 is 1.12 bits per heavy atom. The number of rotatable bonds is 4. The lowest BCUT2D eigenvalue weighted by Crippen LogP contribution is -2.14. The molecule has 4 nitrogen and oxygen atoms in total. The quantitative estimate of drug-likeness (QED) is 0.680. The van der Waals surface area contributed by atoms with Crippen LogP contribution in [-0.4, -0.2) is 16.6 Å². The van der Waals surface area contributed by atoms with Crippen LogP contribution in [0.3, 0.4) is 0 Å². The van der Waals surface area contributed by atoms with Crippen molar-refractivity contribution < 1.29 is 4.79 Å². The van der Waals surface area contributed by atoms with Gasteiger partial charge in [-0.3, -0.25) is 4.79 Å². The van der Waals surface area contributed by atoms with Crippen LogP contribution in [0.15, 0.2) is 47.5 Å². The van der Waals surface area contributed by atoms with Gasteiger partial charge in [-0.15, -0.1) is 0 Å². The van der Waals surface area contributed by atoms with Crippen LogP contribution >= 0.6 is 11.8 Å². The molecule has 5 heteroatoms. The molecule has 2 aromatic carbocycles. The fraction of sp³-hybridized carbons (Fsp3) is 0.190. The monoisotopic (exact) mass is 361 g/mol. The molecule has 0 unspecified atom stereocenters. The third-order valence-electron chi connectivity index (χ3n) is 4.45. The second-order valence-electron chi connectivity index (χ2n) is 6.14. The number of hydrogen-bond donors (Lipinski definition) is 1. The van der Waals surface area contributed by atoms with Crippen LogP contribution in [0.5, 0.6) is 0 Å². The Morgan fingerprint density at radius 2 is 1.85 bits per heavy atom. The molecule has 1 aromatic heterocycles. The number of nitrogens with one attached hydrogen (secondary N) is 1. The lowest BCUT2D eigenvalue weighted by molar-refractivity contribution is -0.113. The minimum atomic E-state index is -0.119. The number of fused-ring (bicyclic) bond motifs is 1. The van der Waals surface area contributed by atoms with E-state index in [4.69, 9.17) is 0 Å². The van der Waals surface area contributed by atoms with Crippen molar-refractivity contribution in [2.24, 2.45) is 0 Å². The van der Waals surface area contributed by atoms with E-state index in [2.05, 4.69) is 16.4 Å². The molecule has 0 radical (unpaired) electrons. The van der Waals surface area contributed by atoms with Crippen LogP contribution in [0, 0.1) is 32.1 Å². The molecule has 0 fully saturated rings. The Morgan fingerprint density at radius 3 is 2.58 bits per heavy atom. The Balaban J connectivity index is 1.72. The van der Waals surface area contributed by atoms with Gasteiger partial charge in [0, 0.05) is 11.4 Å². The summed E-state index contributed by atoms with van der Waals surface area (Å²) in [5.41, 5.74) is 4.15. The van der Waals surface area contributed by atoms with Gasteiger partial charge in [0.05, 0.1) is 11.3 Å². The SMILES string of the molecule is Cc1nc(SCC(=O)Nc2ccc3ccccc3c2)c(C#N)c(C)c1C. The fourth-order valence-corrected chi connectivity index (χ4v) is 3.63. The van der Waals surface area contributed by atoms with Gasteiger partial charge in [-0.1, -0.05) is 42.1 Å². The van der Waals surface area contributed by atoms with Crippen molar-refractivity contribution in [1.82, 2.24) is 4.98 Å². The summed E-state index contributed by atoms with van der Waals surface area (Å²) in [4.78, 5) is 16.8. The smallest absolute Gasteiger partial charge is 0.234 e. The molecule has 0 atom stereocenters. The molecule has 0 aliphatic heterocycles. The zero-order chi connectivity index (χ0) is 18.7. The predicted octanol–water partition coefficient (Wildman–Crippen LogP) is 4.76. The van der Waals surface area contributed by atoms with E-state index in [0.717, 1.165) is 33.3 Å². The molecule has 0 saturated heterocycles. The van der Waals surface area contributed by atoms with Gasteiger partial charge >= 0.3 is 0 Å². The van der Waals surface area contributed by atoms with Crippen LogP contribution in [-0.2, 0) is 4.79 Å². The molecule has 3 aromatic rings. The number of carbonyl (C=O) groups is 1. The first kappa shape index (κ1) is 18.0. The summed E-state index contributed by atoms with van der Waals surface area (Å²) in [5, 5.41) is 15.1. The number of aryl methyl sites for hydroxylation is 1. The molecule has 3 rings (SSSR count). The molecular weight excluding hydrogens is 342 g/mol. The van der Waals surface area contributed by atoms with Crippen molar-refractivity contribution in [2.75, 3.05) is 11.1 Å². The van der Waals surface area contributed by atoms with E-state index in [1.807, 2.05) is 63.2 Å². The average Bonchev–Trinajstić information content (AvgIpc) is 2.64. The highest BCUT2D eigenvalue weighted by molar-refractivity contribution is 8.00. The van der Waals surface area contributed by atoms with Gasteiger partial charge in [-0.2, -0.15) is 5.26 Å². The third kappa shape index (κ3) is 3.71. The highest BCUT2D eigenvalue weighted by Crippen LogP contribution is 2.26. The zero-order valence-electron chi connectivity index (χ0n) is 15.0. The van der Waals surface area contributed by atoms with Crippen molar-refractivity contribution in [3.05, 3.63) is 64.8 Å². The Labute approximate surface area is 157 Å². The molecule has 0 aliphatic carbocycles. The minimum Gasteiger partial charge on any atom is -0.325 e. The van der Waals surface area contributed by atoms with E-state index in [-0.39, 0.29) is 11.7 Å². The molecule has 1 amide bonds. The van der Waals surface area contributed by atoms with Crippen molar-refractivity contribution in [3.8, 4) is 6.07 Å². The van der Waals surface area contributed by atoms with Crippen molar-refractivity contribution >= 4 is 34.1 Å². The fourth-order valence-electron chi connectivity index (χ4n) is 2.75. The highest BCUT2D eigenvalue weighted by Gasteiger charge is 2.14. The zero-order valence-corrected chi connectivity index (χ0v) is 15.8. The maximum absolute atomic E-state index is 12.3. The van der Waals surface area contributed by atoms with Crippen LogP contribution in [0.25, 0.3) is 10.8 Å². The number of thioether (sulfide) groups is 1. The molecule has 0 aliphatic rings. The van der Waals surface area contributed by atoms with Crippen LogP contribution in [0.1, 0.15) is 22.4 Å². The molecule has 0 saturated carbocycles. The van der Waals surface area contributed by atoms with Gasteiger partial charge in [-0.05, 0) is 54.8 Å². The van der Waals surface area contributed by atoms with Crippen molar-refractivity contribution in [3.63, 3.8) is 0 Å². The molecule has 130 valence electrons. The average molecular weight is 361 g/mol. The van der Waals surface area contributed by atoms with Gasteiger partial charge in [-0.25, -0.2) is 4.98 Å². The number of nitriles is 1. The van der Waals surface area contributed by atoms with E-state index in [9.17, 15) is 10.1 Å². The lowest BCUT2D eigenvalue weighted by Gasteiger charge is -2.11. The second kappa shape index (κ2) is 7.59. The van der Waals surface area contributed by atoms with Crippen molar-refractivity contribution in [2.45, 2.75) is 25.8 Å². The van der Waals surface area contributed by atoms with Gasteiger partial charge < -0.3 is 5.32 Å². The molecule has 1 N–H and O–H groups in total. The highest BCUT2D eigenvalue weighted by atomic mass is 32.2. The number of nitrogens with zero attached hydrogens (tertiary/aromatic N) is 2. The van der Waals surface area contributed by atoms with E-state index in [0.29, 0.717) is 10.6 Å². The van der Waals surface area contributed by atoms with Gasteiger partial charge in [0.1, 0.15) is 11.1 Å². The minimum absolute atomic E-state index is 0.119. The van der Waals surface area contributed by atoms with Crippen LogP contribution in [0.4, 0.5) is 5.69 Å². The number of carbonyl (C=O) groups excluding carboxylic acids is 1. The van der Waals surface area contributed by atoms with Gasteiger partial charge in [0.2, 0.25) is 5.91 Å². The summed E-state index contributed by atoms with van der Waals surface area (Å²) in [6, 6.07) is 16.1. The summed E-state index contributed by atoms with van der Waals surface area (Å²) < 4.78 is 0. The third-order valence-corrected chi connectivity index (χ3v) is 5.42. The summed E-state index contributed by atoms with van der Waals surface area (Å²) in [5.74, 6) is 0.0862. The normalized spacial score (nSPS) is 10.5. The summed E-state index contributed by atoms with van der Waals surface area (Å²) >= 11 is 1.29. The number of aromatic nitrogens is 1. The van der Waals surface area contributed by atoms with Crippen molar-refractivity contribution in [1.29, 1.82) is 5.26 Å². The Kier molecular flexibility index (Phi) is 5.24. The molecular formula is C21H19N3OS. The van der Waals surface area contributed by atoms with E-state index >= 15 is 0 Å². The number of hydrogen-bond acceptors (Lipinski definition) is 4. The number of anilines is 1. The first-order valence-corrected chi connectivity index (χ1v) is 9.27. The van der Waals surface area contributed by atoms with E-state index in [1.54, 1.807) is 0 Å². The van der Waals surface area contributed by atoms with Crippen LogP contribution in [0.2, 0.25) is 0 Å². The first-order chi connectivity index (χ1) is 12.5. The largest absolute Gasteiger partial charge is 0.325 e. The molecule has 26 heavy (non-hydrogen) atoms. The topological polar surface area (TPSA) is 65.8 Å². The molecule has 1 heterocycles. The lowest BCUT2D eigenvalue weighted by atomic mass is 10.1. The predicted molar refractivity (Wildman–Crippen MR) is 106 cm³/mol. The molecule has 0 spiro atoms. The number of amides is 1. The maximum Gasteiger partial charge on any atom is 0.234 e. The van der Waals surface area contributed by atoms with Crippen LogP contribution < -0.4 is 5.32 Å². The second-order valence-corrected chi connectivity index (χ2v) is 7.10.